The number of anilines is 1. The normalized spacial score (nSPS) is 20.6. The van der Waals surface area contributed by atoms with E-state index in [1.54, 1.807) is 0 Å². The first-order valence-electron chi connectivity index (χ1n) is 8.54. The van der Waals surface area contributed by atoms with Crippen LogP contribution in [0.15, 0.2) is 24.4 Å². The summed E-state index contributed by atoms with van der Waals surface area (Å²) in [6.45, 7) is 1.90. The van der Waals surface area contributed by atoms with E-state index in [-0.39, 0.29) is 12.1 Å². The Balaban J connectivity index is 1.41. The van der Waals surface area contributed by atoms with Crippen LogP contribution in [0.25, 0.3) is 0 Å². The van der Waals surface area contributed by atoms with Gasteiger partial charge in [-0.25, -0.2) is 9.78 Å². The molecule has 2 heterocycles. The highest BCUT2D eigenvalue weighted by molar-refractivity contribution is 5.74. The third kappa shape index (κ3) is 4.12. The van der Waals surface area contributed by atoms with Crippen molar-refractivity contribution in [2.45, 2.75) is 57.0 Å². The van der Waals surface area contributed by atoms with Crippen LogP contribution in [0.2, 0.25) is 0 Å². The molecule has 1 aliphatic heterocycles. The monoisotopic (exact) mass is 302 g/mol. The Morgan fingerprint density at radius 1 is 1.00 bits per heavy atom. The number of nitrogens with zero attached hydrogens (tertiary/aromatic N) is 2. The molecule has 0 spiro atoms. The average Bonchev–Trinajstić information content (AvgIpc) is 2.57. The van der Waals surface area contributed by atoms with Gasteiger partial charge in [0.1, 0.15) is 5.82 Å². The highest BCUT2D eigenvalue weighted by Gasteiger charge is 2.22. The van der Waals surface area contributed by atoms with Crippen LogP contribution in [0.3, 0.4) is 0 Å². The number of carbonyl (C=O) groups is 1. The van der Waals surface area contributed by atoms with Crippen molar-refractivity contribution in [1.29, 1.82) is 0 Å². The van der Waals surface area contributed by atoms with Crippen molar-refractivity contribution in [1.82, 2.24) is 15.6 Å². The van der Waals surface area contributed by atoms with Crippen LogP contribution in [0.5, 0.6) is 0 Å². The number of hydrogen-bond donors (Lipinski definition) is 2. The van der Waals surface area contributed by atoms with Gasteiger partial charge in [0.15, 0.2) is 0 Å². The topological polar surface area (TPSA) is 57.3 Å². The van der Waals surface area contributed by atoms with E-state index in [0.717, 1.165) is 44.6 Å². The molecule has 1 aromatic rings. The molecule has 5 heteroatoms. The molecule has 120 valence electrons. The van der Waals surface area contributed by atoms with E-state index < -0.39 is 0 Å². The lowest BCUT2D eigenvalue weighted by molar-refractivity contribution is 0.226. The van der Waals surface area contributed by atoms with Gasteiger partial charge in [-0.1, -0.05) is 25.3 Å². The Kier molecular flexibility index (Phi) is 5.14. The Labute approximate surface area is 132 Å². The molecule has 1 saturated carbocycles. The third-order valence-corrected chi connectivity index (χ3v) is 4.74. The van der Waals surface area contributed by atoms with Crippen molar-refractivity contribution in [2.24, 2.45) is 0 Å². The standard InChI is InChI=1S/C17H26N4O/c22-17(19-14-6-2-1-3-7-14)20-15-9-12-21(13-10-15)16-8-4-5-11-18-16/h4-5,8,11,14-15H,1-3,6-7,9-10,12-13H2,(H2,19,20,22). The number of hydrogen-bond acceptors (Lipinski definition) is 3. The van der Waals surface area contributed by atoms with E-state index in [0.29, 0.717) is 6.04 Å². The molecule has 0 atom stereocenters. The van der Waals surface area contributed by atoms with Crippen molar-refractivity contribution in [3.63, 3.8) is 0 Å². The van der Waals surface area contributed by atoms with Crippen LogP contribution in [0.4, 0.5) is 10.6 Å². The smallest absolute Gasteiger partial charge is 0.315 e. The van der Waals surface area contributed by atoms with E-state index in [2.05, 4.69) is 20.5 Å². The largest absolute Gasteiger partial charge is 0.356 e. The number of aromatic nitrogens is 1. The molecule has 2 N–H and O–H groups in total. The molecule has 1 saturated heterocycles. The first-order chi connectivity index (χ1) is 10.8. The minimum absolute atomic E-state index is 0.0168. The fraction of sp³-hybridized carbons (Fsp3) is 0.647. The number of urea groups is 1. The molecular weight excluding hydrogens is 276 g/mol. The summed E-state index contributed by atoms with van der Waals surface area (Å²) in [5, 5.41) is 6.27. The van der Waals surface area contributed by atoms with E-state index in [4.69, 9.17) is 0 Å². The molecule has 5 nitrogen and oxygen atoms in total. The van der Waals surface area contributed by atoms with Gasteiger partial charge in [-0.05, 0) is 37.8 Å². The van der Waals surface area contributed by atoms with Crippen LogP contribution in [-0.2, 0) is 0 Å². The Morgan fingerprint density at radius 3 is 2.32 bits per heavy atom. The van der Waals surface area contributed by atoms with Gasteiger partial charge in [0.05, 0.1) is 0 Å². The molecule has 0 bridgehead atoms. The van der Waals surface area contributed by atoms with Gasteiger partial charge >= 0.3 is 6.03 Å². The van der Waals surface area contributed by atoms with Crippen LogP contribution >= 0.6 is 0 Å². The molecule has 2 amide bonds. The summed E-state index contributed by atoms with van der Waals surface area (Å²) in [4.78, 5) is 18.8. The summed E-state index contributed by atoms with van der Waals surface area (Å²) in [5.41, 5.74) is 0. The van der Waals surface area contributed by atoms with Crippen molar-refractivity contribution < 1.29 is 4.79 Å². The first-order valence-corrected chi connectivity index (χ1v) is 8.54. The van der Waals surface area contributed by atoms with Gasteiger partial charge < -0.3 is 15.5 Å². The number of amides is 2. The molecule has 0 radical (unpaired) electrons. The Hall–Kier alpha value is -1.78. The quantitative estimate of drug-likeness (QED) is 0.902. The van der Waals surface area contributed by atoms with Crippen LogP contribution < -0.4 is 15.5 Å². The van der Waals surface area contributed by atoms with Crippen molar-refractivity contribution in [3.05, 3.63) is 24.4 Å². The summed E-state index contributed by atoms with van der Waals surface area (Å²) in [5.74, 6) is 1.03. The van der Waals surface area contributed by atoms with Crippen LogP contribution in [0, 0.1) is 0 Å². The molecule has 22 heavy (non-hydrogen) atoms. The van der Waals surface area contributed by atoms with Gasteiger partial charge in [-0.2, -0.15) is 0 Å². The fourth-order valence-electron chi connectivity index (χ4n) is 3.45. The predicted octanol–water partition coefficient (Wildman–Crippen LogP) is 2.68. The number of pyridine rings is 1. The summed E-state index contributed by atoms with van der Waals surface area (Å²) in [7, 11) is 0. The van der Waals surface area contributed by atoms with Gasteiger partial charge in [0.25, 0.3) is 0 Å². The Bertz CT molecular complexity index is 465. The lowest BCUT2D eigenvalue weighted by Crippen LogP contribution is -2.50. The van der Waals surface area contributed by atoms with Crippen molar-refractivity contribution >= 4 is 11.8 Å². The molecule has 1 aromatic heterocycles. The van der Waals surface area contributed by atoms with E-state index in [1.165, 1.54) is 19.3 Å². The van der Waals surface area contributed by atoms with Crippen molar-refractivity contribution in [3.8, 4) is 0 Å². The van der Waals surface area contributed by atoms with Gasteiger partial charge in [-0.3, -0.25) is 0 Å². The van der Waals surface area contributed by atoms with Gasteiger partial charge in [0, 0.05) is 31.4 Å². The second kappa shape index (κ2) is 7.47. The second-order valence-corrected chi connectivity index (χ2v) is 6.40. The summed E-state index contributed by atoms with van der Waals surface area (Å²) >= 11 is 0. The van der Waals surface area contributed by atoms with Crippen molar-refractivity contribution in [2.75, 3.05) is 18.0 Å². The van der Waals surface area contributed by atoms with Crippen LogP contribution in [0.1, 0.15) is 44.9 Å². The predicted molar refractivity (Wildman–Crippen MR) is 88.0 cm³/mol. The van der Waals surface area contributed by atoms with E-state index >= 15 is 0 Å². The molecule has 3 rings (SSSR count). The van der Waals surface area contributed by atoms with E-state index in [1.807, 2.05) is 24.4 Å². The molecule has 2 fully saturated rings. The van der Waals surface area contributed by atoms with Gasteiger partial charge in [0.2, 0.25) is 0 Å². The zero-order chi connectivity index (χ0) is 15.2. The van der Waals surface area contributed by atoms with Crippen LogP contribution in [-0.4, -0.2) is 36.2 Å². The fourth-order valence-corrected chi connectivity index (χ4v) is 3.45. The number of piperidine rings is 1. The SMILES string of the molecule is O=C(NC1CCCCC1)NC1CCN(c2ccccn2)CC1. The summed E-state index contributed by atoms with van der Waals surface area (Å²) in [6, 6.07) is 6.68. The Morgan fingerprint density at radius 2 is 1.68 bits per heavy atom. The maximum atomic E-state index is 12.1. The highest BCUT2D eigenvalue weighted by atomic mass is 16.2. The van der Waals surface area contributed by atoms with Gasteiger partial charge in [-0.15, -0.1) is 0 Å². The maximum absolute atomic E-state index is 12.1. The molecule has 0 aromatic carbocycles. The highest BCUT2D eigenvalue weighted by Crippen LogP contribution is 2.18. The zero-order valence-corrected chi connectivity index (χ0v) is 13.1. The molecule has 2 aliphatic rings. The average molecular weight is 302 g/mol. The minimum Gasteiger partial charge on any atom is -0.356 e. The third-order valence-electron chi connectivity index (χ3n) is 4.74. The lowest BCUT2D eigenvalue weighted by Gasteiger charge is -2.33. The maximum Gasteiger partial charge on any atom is 0.315 e. The summed E-state index contributed by atoms with van der Waals surface area (Å²) in [6.07, 6.45) is 9.85. The minimum atomic E-state index is 0.0168. The molecular formula is C17H26N4O. The van der Waals surface area contributed by atoms with E-state index in [9.17, 15) is 4.79 Å². The number of rotatable bonds is 3. The molecule has 1 aliphatic carbocycles. The zero-order valence-electron chi connectivity index (χ0n) is 13.1. The molecule has 0 unspecified atom stereocenters. The lowest BCUT2D eigenvalue weighted by atomic mass is 9.96. The number of carbonyl (C=O) groups excluding carboxylic acids is 1. The number of nitrogens with one attached hydrogen (secondary N) is 2. The first kappa shape index (κ1) is 15.1. The second-order valence-electron chi connectivity index (χ2n) is 6.40. The summed E-state index contributed by atoms with van der Waals surface area (Å²) < 4.78 is 0.